The molecule has 1 fully saturated rings. The van der Waals surface area contributed by atoms with E-state index >= 15 is 0 Å². The molecule has 27 heavy (non-hydrogen) atoms. The summed E-state index contributed by atoms with van der Waals surface area (Å²) in [5.74, 6) is -1.01. The summed E-state index contributed by atoms with van der Waals surface area (Å²) in [6.45, 7) is 2.18. The monoisotopic (exact) mass is 382 g/mol. The number of allylic oxidation sites excluding steroid dienone is 2. The normalized spacial score (nSPS) is 27.0. The minimum absolute atomic E-state index is 0.0660. The van der Waals surface area contributed by atoms with Crippen molar-refractivity contribution in [2.24, 2.45) is 11.8 Å². The molecule has 4 N–H and O–H groups in total. The van der Waals surface area contributed by atoms with E-state index in [-0.39, 0.29) is 18.3 Å². The van der Waals surface area contributed by atoms with Crippen molar-refractivity contribution >= 4 is 5.97 Å². The maximum absolute atomic E-state index is 10.5. The van der Waals surface area contributed by atoms with Crippen LogP contribution < -0.4 is 0 Å². The first-order valence-electron chi connectivity index (χ1n) is 10.5. The van der Waals surface area contributed by atoms with Crippen LogP contribution in [-0.2, 0) is 4.79 Å². The van der Waals surface area contributed by atoms with Crippen molar-refractivity contribution in [1.82, 2.24) is 0 Å². The zero-order valence-corrected chi connectivity index (χ0v) is 16.7. The molecule has 0 amide bonds. The lowest BCUT2D eigenvalue weighted by molar-refractivity contribution is -0.137. The Morgan fingerprint density at radius 2 is 1.81 bits per heavy atom. The highest BCUT2D eigenvalue weighted by Gasteiger charge is 2.39. The number of aliphatic carboxylic acids is 1. The Balaban J connectivity index is 2.41. The van der Waals surface area contributed by atoms with Crippen LogP contribution in [0.2, 0.25) is 0 Å². The van der Waals surface area contributed by atoms with Crippen LogP contribution in [0.15, 0.2) is 24.3 Å². The van der Waals surface area contributed by atoms with Gasteiger partial charge in [0.1, 0.15) is 0 Å². The molecular weight excluding hydrogens is 344 g/mol. The SMILES string of the molecule is CCCCCCC[C@H](O)/C=C/[C@@H]1[C@@H](C/C=C\CCCC(=O)O)[C@@H](O)C[C@H]1O. The number of carboxylic acid groups (broad SMARTS) is 1. The predicted octanol–water partition coefficient (Wildman–Crippen LogP) is 3.82. The molecular formula is C22H38O5. The van der Waals surface area contributed by atoms with Gasteiger partial charge in [-0.2, -0.15) is 0 Å². The van der Waals surface area contributed by atoms with Crippen LogP contribution >= 0.6 is 0 Å². The largest absolute Gasteiger partial charge is 0.481 e. The summed E-state index contributed by atoms with van der Waals surface area (Å²) < 4.78 is 0. The van der Waals surface area contributed by atoms with Crippen molar-refractivity contribution in [2.45, 2.75) is 95.9 Å². The van der Waals surface area contributed by atoms with E-state index in [0.717, 1.165) is 19.3 Å². The van der Waals surface area contributed by atoms with Crippen molar-refractivity contribution in [1.29, 1.82) is 0 Å². The Kier molecular flexibility index (Phi) is 12.3. The zero-order valence-electron chi connectivity index (χ0n) is 16.7. The number of hydrogen-bond acceptors (Lipinski definition) is 4. The highest BCUT2D eigenvalue weighted by molar-refractivity contribution is 5.66. The summed E-state index contributed by atoms with van der Waals surface area (Å²) in [6.07, 6.45) is 15.0. The van der Waals surface area contributed by atoms with Gasteiger partial charge in [-0.1, -0.05) is 63.3 Å². The number of carboxylic acids is 1. The van der Waals surface area contributed by atoms with Crippen molar-refractivity contribution in [3.63, 3.8) is 0 Å². The van der Waals surface area contributed by atoms with Crippen LogP contribution in [-0.4, -0.2) is 44.7 Å². The molecule has 1 aliphatic carbocycles. The Morgan fingerprint density at radius 3 is 2.52 bits per heavy atom. The van der Waals surface area contributed by atoms with Crippen molar-refractivity contribution in [3.05, 3.63) is 24.3 Å². The maximum atomic E-state index is 10.5. The van der Waals surface area contributed by atoms with E-state index in [1.54, 1.807) is 6.08 Å². The lowest BCUT2D eigenvalue weighted by Crippen LogP contribution is -2.20. The molecule has 1 rings (SSSR count). The average molecular weight is 383 g/mol. The quantitative estimate of drug-likeness (QED) is 0.270. The van der Waals surface area contributed by atoms with Crippen LogP contribution in [0.3, 0.4) is 0 Å². The molecule has 0 aliphatic heterocycles. The summed E-state index contributed by atoms with van der Waals surface area (Å²) in [6, 6.07) is 0. The first-order valence-corrected chi connectivity index (χ1v) is 10.5. The molecule has 156 valence electrons. The van der Waals surface area contributed by atoms with Gasteiger partial charge in [-0.15, -0.1) is 0 Å². The molecule has 0 aromatic heterocycles. The topological polar surface area (TPSA) is 98.0 Å². The minimum Gasteiger partial charge on any atom is -0.481 e. The summed E-state index contributed by atoms with van der Waals surface area (Å²) in [4.78, 5) is 10.5. The van der Waals surface area contributed by atoms with Gasteiger partial charge >= 0.3 is 5.97 Å². The molecule has 0 unspecified atom stereocenters. The molecule has 5 nitrogen and oxygen atoms in total. The van der Waals surface area contributed by atoms with E-state index in [2.05, 4.69) is 6.92 Å². The fourth-order valence-corrected chi connectivity index (χ4v) is 3.76. The molecule has 5 atom stereocenters. The van der Waals surface area contributed by atoms with Gasteiger partial charge in [-0.05, 0) is 31.6 Å². The number of aliphatic hydroxyl groups is 3. The second-order valence-electron chi connectivity index (χ2n) is 7.76. The molecule has 0 aromatic carbocycles. The van der Waals surface area contributed by atoms with Crippen LogP contribution in [0.25, 0.3) is 0 Å². The number of aliphatic hydroxyl groups excluding tert-OH is 3. The van der Waals surface area contributed by atoms with Gasteiger partial charge < -0.3 is 20.4 Å². The van der Waals surface area contributed by atoms with Crippen LogP contribution in [0.5, 0.6) is 0 Å². The van der Waals surface area contributed by atoms with Gasteiger partial charge in [0.15, 0.2) is 0 Å². The van der Waals surface area contributed by atoms with Gasteiger partial charge in [0.25, 0.3) is 0 Å². The molecule has 0 aromatic rings. The second kappa shape index (κ2) is 13.9. The van der Waals surface area contributed by atoms with Crippen molar-refractivity contribution < 1.29 is 25.2 Å². The molecule has 1 aliphatic rings. The van der Waals surface area contributed by atoms with Gasteiger partial charge in [-0.3, -0.25) is 4.79 Å². The summed E-state index contributed by atoms with van der Waals surface area (Å²) in [7, 11) is 0. The first-order chi connectivity index (χ1) is 13.0. The van der Waals surface area contributed by atoms with Crippen LogP contribution in [0, 0.1) is 11.8 Å². The first kappa shape index (κ1) is 23.9. The third kappa shape index (κ3) is 10.1. The average Bonchev–Trinajstić information content (AvgIpc) is 2.88. The molecule has 0 saturated heterocycles. The van der Waals surface area contributed by atoms with Gasteiger partial charge in [0.2, 0.25) is 0 Å². The Labute approximate surface area is 163 Å². The van der Waals surface area contributed by atoms with Crippen LogP contribution in [0.1, 0.15) is 77.6 Å². The van der Waals surface area contributed by atoms with Gasteiger partial charge in [0.05, 0.1) is 18.3 Å². The lowest BCUT2D eigenvalue weighted by Gasteiger charge is -2.19. The number of hydrogen-bond donors (Lipinski definition) is 4. The standard InChI is InChI=1S/C22H38O5/c1-2-3-4-5-8-11-17(23)14-15-19-18(20(24)16-21(19)25)12-9-6-7-10-13-22(26)27/h6,9,14-15,17-21,23-25H,2-5,7-8,10-13,16H2,1H3,(H,26,27)/b9-6-,15-14+/t17-,18+,19+,20-,21+/m0/s1. The predicted molar refractivity (Wildman–Crippen MR) is 107 cm³/mol. The van der Waals surface area contributed by atoms with E-state index in [0.29, 0.717) is 25.7 Å². The number of rotatable bonds is 14. The van der Waals surface area contributed by atoms with E-state index in [1.165, 1.54) is 19.3 Å². The number of carbonyl (C=O) groups is 1. The smallest absolute Gasteiger partial charge is 0.303 e. The van der Waals surface area contributed by atoms with Gasteiger partial charge in [-0.25, -0.2) is 0 Å². The summed E-state index contributed by atoms with van der Waals surface area (Å²) in [5, 5.41) is 39.2. The van der Waals surface area contributed by atoms with E-state index in [1.807, 2.05) is 18.2 Å². The summed E-state index contributed by atoms with van der Waals surface area (Å²) in [5.41, 5.74) is 0. The molecule has 1 saturated carbocycles. The second-order valence-corrected chi connectivity index (χ2v) is 7.76. The third-order valence-electron chi connectivity index (χ3n) is 5.41. The zero-order chi connectivity index (χ0) is 20.1. The Morgan fingerprint density at radius 1 is 1.07 bits per heavy atom. The maximum Gasteiger partial charge on any atom is 0.303 e. The molecule has 0 spiro atoms. The molecule has 5 heteroatoms. The molecule has 0 radical (unpaired) electrons. The van der Waals surface area contributed by atoms with Crippen LogP contribution in [0.4, 0.5) is 0 Å². The third-order valence-corrected chi connectivity index (χ3v) is 5.41. The lowest BCUT2D eigenvalue weighted by atomic mass is 9.89. The van der Waals surface area contributed by atoms with Crippen molar-refractivity contribution in [2.75, 3.05) is 0 Å². The molecule has 0 heterocycles. The molecule has 0 bridgehead atoms. The van der Waals surface area contributed by atoms with Gasteiger partial charge in [0, 0.05) is 18.8 Å². The van der Waals surface area contributed by atoms with E-state index in [4.69, 9.17) is 5.11 Å². The number of unbranched alkanes of at least 4 members (excludes halogenated alkanes) is 5. The highest BCUT2D eigenvalue weighted by atomic mass is 16.4. The minimum atomic E-state index is -0.785. The van der Waals surface area contributed by atoms with Crippen molar-refractivity contribution in [3.8, 4) is 0 Å². The Hall–Kier alpha value is -1.17. The fourth-order valence-electron chi connectivity index (χ4n) is 3.76. The Bertz CT molecular complexity index is 460. The van der Waals surface area contributed by atoms with E-state index in [9.17, 15) is 20.1 Å². The van der Waals surface area contributed by atoms with E-state index < -0.39 is 24.3 Å². The highest BCUT2D eigenvalue weighted by Crippen LogP contribution is 2.36. The summed E-state index contributed by atoms with van der Waals surface area (Å²) >= 11 is 0. The fraction of sp³-hybridized carbons (Fsp3) is 0.773.